The van der Waals surface area contributed by atoms with E-state index in [-0.39, 0.29) is 17.9 Å². The Labute approximate surface area is 144 Å². The van der Waals surface area contributed by atoms with Crippen LogP contribution in [0.3, 0.4) is 0 Å². The molecule has 2 amide bonds. The fourth-order valence-corrected chi connectivity index (χ4v) is 2.34. The number of amides is 2. The van der Waals surface area contributed by atoms with E-state index in [0.717, 1.165) is 0 Å². The van der Waals surface area contributed by atoms with Crippen molar-refractivity contribution in [2.45, 2.75) is 6.42 Å². The van der Waals surface area contributed by atoms with Crippen LogP contribution < -0.4 is 15.4 Å². The molecule has 0 heterocycles. The predicted molar refractivity (Wildman–Crippen MR) is 92.1 cm³/mol. The summed E-state index contributed by atoms with van der Waals surface area (Å²) in [4.78, 5) is 35.3. The number of nitrogens with one attached hydrogen (secondary N) is 2. The van der Waals surface area contributed by atoms with Crippen molar-refractivity contribution in [3.63, 3.8) is 0 Å². The van der Waals surface area contributed by atoms with Gasteiger partial charge in [0.2, 0.25) is 5.91 Å². The highest BCUT2D eigenvalue weighted by atomic mass is 16.5. The highest BCUT2D eigenvalue weighted by Crippen LogP contribution is 2.26. The van der Waals surface area contributed by atoms with Gasteiger partial charge in [-0.15, -0.1) is 0 Å². The smallest absolute Gasteiger partial charge is 0.335 e. The fourth-order valence-electron chi connectivity index (χ4n) is 2.34. The van der Waals surface area contributed by atoms with Crippen molar-refractivity contribution in [3.8, 4) is 5.75 Å². The number of methoxy groups -OCH3 is 1. The van der Waals surface area contributed by atoms with Gasteiger partial charge in [-0.05, 0) is 29.8 Å². The first-order valence-electron chi connectivity index (χ1n) is 7.47. The first-order chi connectivity index (χ1) is 12.0. The molecule has 0 aromatic heterocycles. The van der Waals surface area contributed by atoms with Crippen molar-refractivity contribution in [2.75, 3.05) is 19.5 Å². The lowest BCUT2D eigenvalue weighted by Crippen LogP contribution is -2.20. The first kappa shape index (κ1) is 18.0. The Morgan fingerprint density at radius 1 is 1.12 bits per heavy atom. The zero-order valence-corrected chi connectivity index (χ0v) is 13.8. The van der Waals surface area contributed by atoms with Crippen molar-refractivity contribution in [1.29, 1.82) is 0 Å². The number of aromatic carboxylic acids is 1. The summed E-state index contributed by atoms with van der Waals surface area (Å²) in [6.45, 7) is 0. The Morgan fingerprint density at radius 2 is 1.84 bits per heavy atom. The number of carbonyl (C=O) groups is 3. The van der Waals surface area contributed by atoms with Crippen molar-refractivity contribution in [2.24, 2.45) is 0 Å². The monoisotopic (exact) mass is 342 g/mol. The average molecular weight is 342 g/mol. The molecule has 0 spiro atoms. The topological polar surface area (TPSA) is 105 Å². The molecular formula is C18H18N2O5. The summed E-state index contributed by atoms with van der Waals surface area (Å²) in [5.41, 5.74) is 1.17. The van der Waals surface area contributed by atoms with Crippen LogP contribution in [0.1, 0.15) is 26.3 Å². The van der Waals surface area contributed by atoms with Crippen LogP contribution in [-0.4, -0.2) is 37.0 Å². The summed E-state index contributed by atoms with van der Waals surface area (Å²) in [6, 6.07) is 10.9. The van der Waals surface area contributed by atoms with Gasteiger partial charge in [-0.3, -0.25) is 9.59 Å². The standard InChI is InChI=1S/C18H18N2O5/c1-19-17(22)12-7-8-15(25-2)14(9-12)20-16(21)10-11-5-3-4-6-13(11)18(23)24/h3-9H,10H2,1-2H3,(H,19,22)(H,20,21)(H,23,24). The second kappa shape index (κ2) is 7.96. The summed E-state index contributed by atoms with van der Waals surface area (Å²) in [5, 5.41) is 14.3. The van der Waals surface area contributed by atoms with Crippen LogP contribution in [0.2, 0.25) is 0 Å². The van der Waals surface area contributed by atoms with E-state index < -0.39 is 11.9 Å². The molecule has 130 valence electrons. The van der Waals surface area contributed by atoms with E-state index >= 15 is 0 Å². The Balaban J connectivity index is 2.23. The lowest BCUT2D eigenvalue weighted by Gasteiger charge is -2.12. The molecular weight excluding hydrogens is 324 g/mol. The van der Waals surface area contributed by atoms with Gasteiger partial charge in [-0.25, -0.2) is 4.79 Å². The van der Waals surface area contributed by atoms with Crippen molar-refractivity contribution in [3.05, 3.63) is 59.2 Å². The molecule has 0 radical (unpaired) electrons. The zero-order chi connectivity index (χ0) is 18.4. The van der Waals surface area contributed by atoms with E-state index in [0.29, 0.717) is 22.6 Å². The number of hydrogen-bond donors (Lipinski definition) is 3. The molecule has 7 nitrogen and oxygen atoms in total. The molecule has 0 aliphatic carbocycles. The Morgan fingerprint density at radius 3 is 2.48 bits per heavy atom. The second-order valence-electron chi connectivity index (χ2n) is 5.18. The van der Waals surface area contributed by atoms with E-state index in [9.17, 15) is 19.5 Å². The molecule has 0 atom stereocenters. The van der Waals surface area contributed by atoms with Gasteiger partial charge in [0.25, 0.3) is 5.91 Å². The highest BCUT2D eigenvalue weighted by molar-refractivity contribution is 5.99. The Kier molecular flexibility index (Phi) is 5.73. The van der Waals surface area contributed by atoms with Crippen molar-refractivity contribution >= 4 is 23.5 Å². The molecule has 0 aliphatic rings. The molecule has 2 rings (SSSR count). The molecule has 2 aromatic rings. The van der Waals surface area contributed by atoms with Crippen LogP contribution >= 0.6 is 0 Å². The van der Waals surface area contributed by atoms with E-state index in [4.69, 9.17) is 4.74 Å². The molecule has 2 aromatic carbocycles. The molecule has 0 bridgehead atoms. The largest absolute Gasteiger partial charge is 0.495 e. The molecule has 0 aliphatic heterocycles. The molecule has 7 heteroatoms. The van der Waals surface area contributed by atoms with Gasteiger partial charge in [0.05, 0.1) is 24.8 Å². The zero-order valence-electron chi connectivity index (χ0n) is 13.8. The molecule has 3 N–H and O–H groups in total. The number of anilines is 1. The highest BCUT2D eigenvalue weighted by Gasteiger charge is 2.15. The van der Waals surface area contributed by atoms with Gasteiger partial charge in [-0.2, -0.15) is 0 Å². The summed E-state index contributed by atoms with van der Waals surface area (Å²) in [5.74, 6) is -1.41. The van der Waals surface area contributed by atoms with E-state index in [2.05, 4.69) is 10.6 Å². The van der Waals surface area contributed by atoms with Crippen LogP contribution in [0.25, 0.3) is 0 Å². The van der Waals surface area contributed by atoms with Crippen LogP contribution in [0.5, 0.6) is 5.75 Å². The molecule has 0 saturated heterocycles. The lowest BCUT2D eigenvalue weighted by atomic mass is 10.0. The third-order valence-corrected chi connectivity index (χ3v) is 3.56. The minimum atomic E-state index is -1.09. The van der Waals surface area contributed by atoms with E-state index in [1.54, 1.807) is 30.3 Å². The van der Waals surface area contributed by atoms with Gasteiger partial charge >= 0.3 is 5.97 Å². The minimum Gasteiger partial charge on any atom is -0.495 e. The van der Waals surface area contributed by atoms with Crippen LogP contribution in [0.15, 0.2) is 42.5 Å². The molecule has 0 saturated carbocycles. The summed E-state index contributed by atoms with van der Waals surface area (Å²) in [7, 11) is 2.96. The maximum Gasteiger partial charge on any atom is 0.335 e. The van der Waals surface area contributed by atoms with Crippen LogP contribution in [0, 0.1) is 0 Å². The van der Waals surface area contributed by atoms with Crippen molar-refractivity contribution in [1.82, 2.24) is 5.32 Å². The molecule has 0 unspecified atom stereocenters. The van der Waals surface area contributed by atoms with Gasteiger partial charge in [0.15, 0.2) is 0 Å². The second-order valence-corrected chi connectivity index (χ2v) is 5.18. The predicted octanol–water partition coefficient (Wildman–Crippen LogP) is 1.93. The number of hydrogen-bond acceptors (Lipinski definition) is 4. The number of carboxylic acids is 1. The number of rotatable bonds is 6. The van der Waals surface area contributed by atoms with Gasteiger partial charge in [-0.1, -0.05) is 18.2 Å². The van der Waals surface area contributed by atoms with E-state index in [1.165, 1.54) is 26.3 Å². The number of carbonyl (C=O) groups excluding carboxylic acids is 2. The summed E-state index contributed by atoms with van der Waals surface area (Å²) >= 11 is 0. The number of benzene rings is 2. The minimum absolute atomic E-state index is 0.0729. The number of ether oxygens (including phenoxy) is 1. The first-order valence-corrected chi connectivity index (χ1v) is 7.47. The molecule has 25 heavy (non-hydrogen) atoms. The van der Waals surface area contributed by atoms with Gasteiger partial charge < -0.3 is 20.5 Å². The van der Waals surface area contributed by atoms with Crippen LogP contribution in [-0.2, 0) is 11.2 Å². The quantitative estimate of drug-likeness (QED) is 0.744. The third kappa shape index (κ3) is 4.35. The molecule has 0 fully saturated rings. The Hall–Kier alpha value is -3.35. The van der Waals surface area contributed by atoms with E-state index in [1.807, 2.05) is 0 Å². The third-order valence-electron chi connectivity index (χ3n) is 3.56. The fraction of sp³-hybridized carbons (Fsp3) is 0.167. The summed E-state index contributed by atoms with van der Waals surface area (Å²) in [6.07, 6.45) is -0.115. The lowest BCUT2D eigenvalue weighted by molar-refractivity contribution is -0.115. The Bertz CT molecular complexity index is 817. The normalized spacial score (nSPS) is 10.0. The SMILES string of the molecule is CNC(=O)c1ccc(OC)c(NC(=O)Cc2ccccc2C(=O)O)c1. The maximum absolute atomic E-state index is 12.3. The maximum atomic E-state index is 12.3. The number of carboxylic acid groups (broad SMARTS) is 1. The van der Waals surface area contributed by atoms with Crippen LogP contribution in [0.4, 0.5) is 5.69 Å². The average Bonchev–Trinajstić information content (AvgIpc) is 2.61. The van der Waals surface area contributed by atoms with Crippen molar-refractivity contribution < 1.29 is 24.2 Å². The summed E-state index contributed by atoms with van der Waals surface area (Å²) < 4.78 is 5.19. The van der Waals surface area contributed by atoms with Gasteiger partial charge in [0, 0.05) is 12.6 Å². The van der Waals surface area contributed by atoms with Gasteiger partial charge in [0.1, 0.15) is 5.75 Å².